The summed E-state index contributed by atoms with van der Waals surface area (Å²) in [7, 11) is 2.01. The molecule has 0 radical (unpaired) electrons. The number of anilines is 1. The number of thiol groups is 1. The molecule has 4 heteroatoms. The fraction of sp³-hybridized carbons (Fsp3) is 0.455. The van der Waals surface area contributed by atoms with Crippen molar-refractivity contribution in [1.82, 2.24) is 0 Å². The van der Waals surface area contributed by atoms with Crippen LogP contribution in [-0.2, 0) is 0 Å². The number of hydrogen-bond donors (Lipinski definition) is 1. The number of fused-ring (bicyclic) bond motifs is 1. The molecule has 0 amide bonds. The Balaban J connectivity index is 2.40. The fourth-order valence-corrected chi connectivity index (χ4v) is 1.82. The molecule has 1 aromatic carbocycles. The lowest BCUT2D eigenvalue weighted by Crippen LogP contribution is -2.19. The summed E-state index contributed by atoms with van der Waals surface area (Å²) in [4.78, 5) is 2.07. The lowest BCUT2D eigenvalue weighted by Gasteiger charge is -2.24. The normalized spacial score (nSPS) is 13.8. The Hall–Kier alpha value is -1.03. The van der Waals surface area contributed by atoms with Crippen LogP contribution in [0.3, 0.4) is 0 Å². The highest BCUT2D eigenvalue weighted by Crippen LogP contribution is 2.36. The maximum atomic E-state index is 5.54. The van der Waals surface area contributed by atoms with Crippen LogP contribution in [0.5, 0.6) is 11.5 Å². The minimum Gasteiger partial charge on any atom is -0.486 e. The third-order valence-corrected chi connectivity index (χ3v) is 2.91. The Labute approximate surface area is 95.4 Å². The topological polar surface area (TPSA) is 21.7 Å². The lowest BCUT2D eigenvalue weighted by molar-refractivity contribution is 0.171. The molecule has 0 N–H and O–H groups in total. The Morgan fingerprint density at radius 2 is 1.87 bits per heavy atom. The van der Waals surface area contributed by atoms with Crippen molar-refractivity contribution < 1.29 is 9.47 Å². The van der Waals surface area contributed by atoms with Crippen LogP contribution in [-0.4, -0.2) is 26.1 Å². The molecule has 0 atom stereocenters. The molecule has 1 aromatic rings. The smallest absolute Gasteiger partial charge is 0.163 e. The maximum Gasteiger partial charge on any atom is 0.163 e. The Bertz CT molecular complexity index is 368. The summed E-state index contributed by atoms with van der Waals surface area (Å²) in [5.41, 5.74) is 2.31. The number of aryl methyl sites for hydroxylation is 1. The van der Waals surface area contributed by atoms with Crippen LogP contribution < -0.4 is 14.4 Å². The van der Waals surface area contributed by atoms with Crippen molar-refractivity contribution in [3.05, 3.63) is 17.7 Å². The molecule has 0 aromatic heterocycles. The predicted molar refractivity (Wildman–Crippen MR) is 64.4 cm³/mol. The van der Waals surface area contributed by atoms with Crippen LogP contribution in [0.15, 0.2) is 12.1 Å². The van der Waals surface area contributed by atoms with E-state index >= 15 is 0 Å². The molecule has 0 saturated heterocycles. The average Bonchev–Trinajstić information content (AvgIpc) is 2.27. The Kier molecular flexibility index (Phi) is 2.95. The summed E-state index contributed by atoms with van der Waals surface area (Å²) >= 11 is 4.25. The monoisotopic (exact) mass is 225 g/mol. The van der Waals surface area contributed by atoms with Crippen LogP contribution in [0.1, 0.15) is 5.56 Å². The van der Waals surface area contributed by atoms with E-state index in [9.17, 15) is 0 Å². The van der Waals surface area contributed by atoms with Gasteiger partial charge in [0.25, 0.3) is 0 Å². The predicted octanol–water partition coefficient (Wildman–Crippen LogP) is 2.09. The van der Waals surface area contributed by atoms with Gasteiger partial charge in [-0.1, -0.05) is 0 Å². The van der Waals surface area contributed by atoms with Crippen LogP contribution >= 0.6 is 12.6 Å². The quantitative estimate of drug-likeness (QED) is 0.615. The van der Waals surface area contributed by atoms with Crippen molar-refractivity contribution in [2.24, 2.45) is 0 Å². The molecule has 0 unspecified atom stereocenters. The molecule has 0 aliphatic carbocycles. The molecule has 0 fully saturated rings. The first-order valence-corrected chi connectivity index (χ1v) is 5.58. The standard InChI is InChI=1S/C11H15NO2S/c1-8-5-10-11(14-4-3-13-10)6-9(8)12(2)7-15/h5-6,15H,3-4,7H2,1-2H3. The summed E-state index contributed by atoms with van der Waals surface area (Å²) < 4.78 is 11.0. The lowest BCUT2D eigenvalue weighted by atomic mass is 10.1. The van der Waals surface area contributed by atoms with Gasteiger partial charge < -0.3 is 14.4 Å². The van der Waals surface area contributed by atoms with Crippen molar-refractivity contribution in [1.29, 1.82) is 0 Å². The van der Waals surface area contributed by atoms with E-state index in [1.54, 1.807) is 0 Å². The fourth-order valence-electron chi connectivity index (χ4n) is 1.67. The molecule has 0 bridgehead atoms. The van der Waals surface area contributed by atoms with Crippen molar-refractivity contribution in [2.45, 2.75) is 6.92 Å². The van der Waals surface area contributed by atoms with Gasteiger partial charge in [-0.3, -0.25) is 0 Å². The molecule has 0 spiro atoms. The van der Waals surface area contributed by atoms with E-state index in [4.69, 9.17) is 9.47 Å². The molecule has 1 aliphatic rings. The summed E-state index contributed by atoms with van der Waals surface area (Å²) in [5.74, 6) is 2.35. The highest BCUT2D eigenvalue weighted by Gasteiger charge is 2.15. The second-order valence-corrected chi connectivity index (χ2v) is 3.90. The number of nitrogens with zero attached hydrogens (tertiary/aromatic N) is 1. The van der Waals surface area contributed by atoms with Gasteiger partial charge in [-0.25, -0.2) is 0 Å². The number of rotatable bonds is 2. The van der Waals surface area contributed by atoms with Gasteiger partial charge in [0.15, 0.2) is 11.5 Å². The zero-order valence-electron chi connectivity index (χ0n) is 8.99. The SMILES string of the molecule is Cc1cc2c(cc1N(C)CS)OCCO2. The first-order valence-electron chi connectivity index (χ1n) is 4.94. The number of hydrogen-bond acceptors (Lipinski definition) is 4. The van der Waals surface area contributed by atoms with Gasteiger partial charge in [0.2, 0.25) is 0 Å². The second-order valence-electron chi connectivity index (χ2n) is 3.62. The minimum atomic E-state index is 0.625. The Morgan fingerprint density at radius 1 is 1.27 bits per heavy atom. The molecular formula is C11H15NO2S. The van der Waals surface area contributed by atoms with E-state index in [0.717, 1.165) is 17.2 Å². The molecule has 3 nitrogen and oxygen atoms in total. The maximum absolute atomic E-state index is 5.54. The molecule has 1 aliphatic heterocycles. The van der Waals surface area contributed by atoms with E-state index < -0.39 is 0 Å². The zero-order chi connectivity index (χ0) is 10.8. The van der Waals surface area contributed by atoms with Crippen molar-refractivity contribution in [3.63, 3.8) is 0 Å². The summed E-state index contributed by atoms with van der Waals surface area (Å²) in [6, 6.07) is 4.03. The zero-order valence-corrected chi connectivity index (χ0v) is 9.88. The van der Waals surface area contributed by atoms with Gasteiger partial charge >= 0.3 is 0 Å². The Morgan fingerprint density at radius 3 is 2.47 bits per heavy atom. The van der Waals surface area contributed by atoms with Crippen molar-refractivity contribution >= 4 is 18.3 Å². The highest BCUT2D eigenvalue weighted by atomic mass is 32.1. The van der Waals surface area contributed by atoms with Gasteiger partial charge in [0, 0.05) is 18.8 Å². The average molecular weight is 225 g/mol. The van der Waals surface area contributed by atoms with Gasteiger partial charge in [-0.2, -0.15) is 12.6 Å². The van der Waals surface area contributed by atoms with E-state index in [0.29, 0.717) is 19.1 Å². The van der Waals surface area contributed by atoms with Crippen molar-refractivity contribution in [2.75, 3.05) is 31.0 Å². The molecule has 1 heterocycles. The van der Waals surface area contributed by atoms with Crippen LogP contribution in [0.25, 0.3) is 0 Å². The largest absolute Gasteiger partial charge is 0.486 e. The van der Waals surface area contributed by atoms with E-state index in [-0.39, 0.29) is 0 Å². The molecule has 0 saturated carbocycles. The highest BCUT2D eigenvalue weighted by molar-refractivity contribution is 7.80. The van der Waals surface area contributed by atoms with Crippen LogP contribution in [0, 0.1) is 6.92 Å². The van der Waals surface area contributed by atoms with E-state index in [2.05, 4.69) is 24.5 Å². The third kappa shape index (κ3) is 2.00. The first-order chi connectivity index (χ1) is 7.22. The minimum absolute atomic E-state index is 0.625. The molecular weight excluding hydrogens is 210 g/mol. The number of ether oxygens (including phenoxy) is 2. The van der Waals surface area contributed by atoms with Gasteiger partial charge in [0.05, 0.1) is 5.88 Å². The second kappa shape index (κ2) is 4.23. The number of benzene rings is 1. The van der Waals surface area contributed by atoms with E-state index in [1.165, 1.54) is 5.56 Å². The summed E-state index contributed by atoms with van der Waals surface area (Å²) in [6.07, 6.45) is 0. The van der Waals surface area contributed by atoms with Crippen LogP contribution in [0.2, 0.25) is 0 Å². The molecule has 2 rings (SSSR count). The molecule has 15 heavy (non-hydrogen) atoms. The van der Waals surface area contributed by atoms with E-state index in [1.807, 2.05) is 19.2 Å². The van der Waals surface area contributed by atoms with Crippen LogP contribution in [0.4, 0.5) is 5.69 Å². The molecule has 82 valence electrons. The summed E-state index contributed by atoms with van der Waals surface area (Å²) in [6.45, 7) is 3.32. The third-order valence-electron chi connectivity index (χ3n) is 2.48. The summed E-state index contributed by atoms with van der Waals surface area (Å²) in [5, 5.41) is 0. The van der Waals surface area contributed by atoms with Gasteiger partial charge in [-0.15, -0.1) is 0 Å². The first kappa shape index (κ1) is 10.5. The van der Waals surface area contributed by atoms with Gasteiger partial charge in [-0.05, 0) is 18.6 Å². The van der Waals surface area contributed by atoms with Gasteiger partial charge in [0.1, 0.15) is 13.2 Å². The van der Waals surface area contributed by atoms with Crippen molar-refractivity contribution in [3.8, 4) is 11.5 Å².